The van der Waals surface area contributed by atoms with Crippen LogP contribution in [0.3, 0.4) is 0 Å². The fraction of sp³-hybridized carbons (Fsp3) is 0.278. The van der Waals surface area contributed by atoms with Gasteiger partial charge in [0.25, 0.3) is 0 Å². The molecule has 0 radical (unpaired) electrons. The zero-order valence-electron chi connectivity index (χ0n) is 14.7. The highest BCUT2D eigenvalue weighted by Gasteiger charge is 2.54. The lowest BCUT2D eigenvalue weighted by atomic mass is 10.2. The average Bonchev–Trinajstić information content (AvgIpc) is 2.63. The molecule has 28 heavy (non-hydrogen) atoms. The van der Waals surface area contributed by atoms with E-state index in [4.69, 9.17) is 14.0 Å². The van der Waals surface area contributed by atoms with Gasteiger partial charge in [-0.05, 0) is 43.2 Å². The number of carbonyl (C=O) groups is 1. The van der Waals surface area contributed by atoms with Crippen LogP contribution in [0, 0.1) is 0 Å². The Morgan fingerprint density at radius 3 is 2.21 bits per heavy atom. The number of halogens is 2. The Morgan fingerprint density at radius 1 is 1.07 bits per heavy atom. The van der Waals surface area contributed by atoms with E-state index in [0.29, 0.717) is 18.8 Å². The summed E-state index contributed by atoms with van der Waals surface area (Å²) in [6, 6.07) is 14.6. The third kappa shape index (κ3) is 5.98. The molecule has 0 aliphatic carbocycles. The number of alkyl halides is 2. The summed E-state index contributed by atoms with van der Waals surface area (Å²) in [5, 5.41) is -5.07. The van der Waals surface area contributed by atoms with Crippen molar-refractivity contribution in [2.75, 3.05) is 6.61 Å². The molecule has 7 nitrogen and oxygen atoms in total. The lowest BCUT2D eigenvalue weighted by molar-refractivity contribution is -0.151. The minimum atomic E-state index is -5.92. The summed E-state index contributed by atoms with van der Waals surface area (Å²) in [6.45, 7) is 2.09. The van der Waals surface area contributed by atoms with Crippen molar-refractivity contribution in [3.05, 3.63) is 60.2 Å². The third-order valence-electron chi connectivity index (χ3n) is 3.48. The van der Waals surface area contributed by atoms with Gasteiger partial charge in [-0.15, -0.1) is 0 Å². The molecule has 0 spiro atoms. The predicted octanol–water partition coefficient (Wildman–Crippen LogP) is 3.06. The lowest BCUT2D eigenvalue weighted by Crippen LogP contribution is -2.40. The van der Waals surface area contributed by atoms with E-state index < -0.39 is 27.6 Å². The van der Waals surface area contributed by atoms with Gasteiger partial charge in [-0.2, -0.15) is 17.2 Å². The molecule has 2 aromatic rings. The molecule has 0 fully saturated rings. The Morgan fingerprint density at radius 2 is 1.64 bits per heavy atom. The van der Waals surface area contributed by atoms with Crippen LogP contribution in [0.15, 0.2) is 54.6 Å². The van der Waals surface area contributed by atoms with Gasteiger partial charge in [0.2, 0.25) is 0 Å². The van der Waals surface area contributed by atoms with Crippen LogP contribution < -0.4 is 9.47 Å². The van der Waals surface area contributed by atoms with Crippen molar-refractivity contribution >= 4 is 16.1 Å². The van der Waals surface area contributed by atoms with Crippen LogP contribution in [0.5, 0.6) is 11.5 Å². The molecule has 2 aromatic carbocycles. The Labute approximate surface area is 160 Å². The average molecular weight is 416 g/mol. The fourth-order valence-corrected chi connectivity index (χ4v) is 2.32. The topological polar surface area (TPSA) is 99.1 Å². The number of esters is 1. The summed E-state index contributed by atoms with van der Waals surface area (Å²) < 4.78 is 71.0. The van der Waals surface area contributed by atoms with Crippen molar-refractivity contribution in [2.45, 2.75) is 24.9 Å². The summed E-state index contributed by atoms with van der Waals surface area (Å²) in [5.74, 6) is -2.45. The second-order valence-electron chi connectivity index (χ2n) is 5.64. The molecule has 1 atom stereocenters. The van der Waals surface area contributed by atoms with E-state index in [0.717, 1.165) is 17.7 Å². The minimum absolute atomic E-state index is 0.313. The molecule has 0 amide bonds. The summed E-state index contributed by atoms with van der Waals surface area (Å²) >= 11 is 0. The largest absolute Gasteiger partial charge is 0.466 e. The SMILES string of the molecule is CC(OCCc1ccccc1)Oc1ccc(OC(=O)C(F)(F)S(=O)(=O)O)cc1. The van der Waals surface area contributed by atoms with E-state index in [9.17, 15) is 22.0 Å². The lowest BCUT2D eigenvalue weighted by Gasteiger charge is -2.16. The first-order chi connectivity index (χ1) is 13.1. The predicted molar refractivity (Wildman–Crippen MR) is 94.8 cm³/mol. The molecule has 2 rings (SSSR count). The van der Waals surface area contributed by atoms with Gasteiger partial charge in [0.1, 0.15) is 11.5 Å². The van der Waals surface area contributed by atoms with E-state index in [2.05, 4.69) is 4.74 Å². The van der Waals surface area contributed by atoms with Gasteiger partial charge in [0.05, 0.1) is 6.61 Å². The highest BCUT2D eigenvalue weighted by atomic mass is 32.2. The molecule has 10 heteroatoms. The maximum absolute atomic E-state index is 13.1. The fourth-order valence-electron chi connectivity index (χ4n) is 2.07. The highest BCUT2D eigenvalue weighted by molar-refractivity contribution is 7.87. The summed E-state index contributed by atoms with van der Waals surface area (Å²) in [6.07, 6.45) is 0.103. The maximum atomic E-state index is 13.1. The molecular weight excluding hydrogens is 398 g/mol. The second kappa shape index (κ2) is 9.09. The normalized spacial score (nSPS) is 13.0. The van der Waals surface area contributed by atoms with Crippen molar-refractivity contribution in [3.8, 4) is 11.5 Å². The maximum Gasteiger partial charge on any atom is 0.466 e. The molecule has 0 saturated heterocycles. The van der Waals surface area contributed by atoms with Gasteiger partial charge in [-0.25, -0.2) is 4.79 Å². The van der Waals surface area contributed by atoms with Crippen molar-refractivity contribution in [1.29, 1.82) is 0 Å². The zero-order valence-corrected chi connectivity index (χ0v) is 15.6. The molecule has 0 aliphatic rings. The first-order valence-electron chi connectivity index (χ1n) is 8.09. The molecule has 1 unspecified atom stereocenters. The van der Waals surface area contributed by atoms with E-state index >= 15 is 0 Å². The number of rotatable bonds is 9. The molecule has 0 bridgehead atoms. The molecule has 0 aliphatic heterocycles. The van der Waals surface area contributed by atoms with Gasteiger partial charge >= 0.3 is 21.3 Å². The number of benzene rings is 2. The molecule has 1 N–H and O–H groups in total. The van der Waals surface area contributed by atoms with Crippen molar-refractivity contribution in [1.82, 2.24) is 0 Å². The van der Waals surface area contributed by atoms with E-state index in [-0.39, 0.29) is 5.75 Å². The van der Waals surface area contributed by atoms with Crippen molar-refractivity contribution in [2.24, 2.45) is 0 Å². The van der Waals surface area contributed by atoms with E-state index in [1.165, 1.54) is 12.1 Å². The monoisotopic (exact) mass is 416 g/mol. The van der Waals surface area contributed by atoms with Crippen LogP contribution in [-0.2, 0) is 26.1 Å². The Hall–Kier alpha value is -2.56. The Kier molecular flexibility index (Phi) is 7.05. The van der Waals surface area contributed by atoms with Gasteiger partial charge in [0, 0.05) is 0 Å². The quantitative estimate of drug-likeness (QED) is 0.290. The van der Waals surface area contributed by atoms with Gasteiger partial charge in [0.15, 0.2) is 6.29 Å². The van der Waals surface area contributed by atoms with Crippen LogP contribution in [0.25, 0.3) is 0 Å². The minimum Gasteiger partial charge on any atom is -0.465 e. The zero-order chi connectivity index (χ0) is 20.8. The van der Waals surface area contributed by atoms with E-state index in [1.54, 1.807) is 6.92 Å². The smallest absolute Gasteiger partial charge is 0.465 e. The molecule has 0 heterocycles. The molecule has 152 valence electrons. The first-order valence-corrected chi connectivity index (χ1v) is 9.53. The highest BCUT2D eigenvalue weighted by Crippen LogP contribution is 2.25. The Bertz CT molecular complexity index is 884. The number of hydrogen-bond acceptors (Lipinski definition) is 6. The summed E-state index contributed by atoms with van der Waals surface area (Å²) in [7, 11) is -5.92. The Balaban J connectivity index is 1.84. The van der Waals surface area contributed by atoms with Crippen molar-refractivity contribution < 1.29 is 40.8 Å². The first kappa shape index (κ1) is 21.7. The number of hydrogen-bond donors (Lipinski definition) is 1. The number of carbonyl (C=O) groups excluding carboxylic acids is 1. The van der Waals surface area contributed by atoms with Crippen LogP contribution in [0.1, 0.15) is 12.5 Å². The second-order valence-corrected chi connectivity index (χ2v) is 7.11. The summed E-state index contributed by atoms with van der Waals surface area (Å²) in [4.78, 5) is 11.2. The molecule has 0 saturated carbocycles. The van der Waals surface area contributed by atoms with Crippen molar-refractivity contribution in [3.63, 3.8) is 0 Å². The van der Waals surface area contributed by atoms with Crippen LogP contribution in [0.2, 0.25) is 0 Å². The van der Waals surface area contributed by atoms with Crippen LogP contribution in [-0.4, -0.2) is 37.1 Å². The summed E-state index contributed by atoms with van der Waals surface area (Å²) in [5.41, 5.74) is 1.11. The van der Waals surface area contributed by atoms with E-state index in [1.807, 2.05) is 30.3 Å². The number of ether oxygens (including phenoxy) is 3. The van der Waals surface area contributed by atoms with Crippen LogP contribution in [0.4, 0.5) is 8.78 Å². The molecule has 0 aromatic heterocycles. The van der Waals surface area contributed by atoms with Crippen LogP contribution >= 0.6 is 0 Å². The van der Waals surface area contributed by atoms with Gasteiger partial charge in [-0.1, -0.05) is 30.3 Å². The molecular formula is C18H18F2O7S. The van der Waals surface area contributed by atoms with Gasteiger partial charge < -0.3 is 14.2 Å². The standard InChI is InChI=1S/C18H18F2O7S/c1-13(25-12-11-14-5-3-2-4-6-14)26-15-7-9-16(10-8-15)27-17(21)18(19,20)28(22,23)24/h2-10,13H,11-12H2,1H3,(H,22,23,24). The van der Waals surface area contributed by atoms with Gasteiger partial charge in [-0.3, -0.25) is 4.55 Å². The third-order valence-corrected chi connectivity index (χ3v) is 4.30.